The van der Waals surface area contributed by atoms with Crippen molar-refractivity contribution >= 4 is 23.3 Å². The zero-order chi connectivity index (χ0) is 20.4. The summed E-state index contributed by atoms with van der Waals surface area (Å²) in [6, 6.07) is 17.0. The number of hydrogen-bond acceptors (Lipinski definition) is 4. The van der Waals surface area contributed by atoms with Gasteiger partial charge in [0.2, 0.25) is 11.8 Å². The first-order chi connectivity index (χ1) is 14.0. The maximum absolute atomic E-state index is 12.7. The fourth-order valence-corrected chi connectivity index (χ4v) is 3.47. The van der Waals surface area contributed by atoms with Crippen molar-refractivity contribution < 1.29 is 14.3 Å². The normalized spacial score (nSPS) is 16.1. The van der Waals surface area contributed by atoms with Crippen LogP contribution >= 0.6 is 0 Å². The number of para-hydroxylation sites is 1. The number of anilines is 2. The first-order valence-electron chi connectivity index (χ1n) is 9.42. The maximum Gasteiger partial charge on any atom is 0.231 e. The van der Waals surface area contributed by atoms with Crippen molar-refractivity contribution in [1.82, 2.24) is 9.78 Å². The summed E-state index contributed by atoms with van der Waals surface area (Å²) in [5.41, 5.74) is 2.62. The van der Waals surface area contributed by atoms with Crippen LogP contribution in [0, 0.1) is 12.8 Å². The molecule has 7 heteroatoms. The molecule has 148 valence electrons. The van der Waals surface area contributed by atoms with Gasteiger partial charge < -0.3 is 15.0 Å². The van der Waals surface area contributed by atoms with Gasteiger partial charge in [0.05, 0.1) is 24.4 Å². The van der Waals surface area contributed by atoms with E-state index in [1.807, 2.05) is 55.5 Å². The van der Waals surface area contributed by atoms with E-state index in [1.165, 1.54) is 0 Å². The van der Waals surface area contributed by atoms with Crippen LogP contribution in [-0.4, -0.2) is 35.2 Å². The number of nitrogens with one attached hydrogen (secondary N) is 1. The third kappa shape index (κ3) is 3.85. The van der Waals surface area contributed by atoms with Crippen LogP contribution in [0.2, 0.25) is 0 Å². The number of carbonyl (C=O) groups is 2. The van der Waals surface area contributed by atoms with Crippen molar-refractivity contribution in [3.8, 4) is 11.4 Å². The van der Waals surface area contributed by atoms with Gasteiger partial charge in [0.25, 0.3) is 0 Å². The summed E-state index contributed by atoms with van der Waals surface area (Å²) in [5.74, 6) is 0.314. The molecule has 1 atom stereocenters. The highest BCUT2D eigenvalue weighted by molar-refractivity contribution is 6.04. The second kappa shape index (κ2) is 7.79. The molecule has 1 aliphatic heterocycles. The zero-order valence-corrected chi connectivity index (χ0v) is 16.3. The van der Waals surface area contributed by atoms with Gasteiger partial charge in [-0.3, -0.25) is 9.59 Å². The summed E-state index contributed by atoms with van der Waals surface area (Å²) < 4.78 is 7.08. The van der Waals surface area contributed by atoms with Gasteiger partial charge in [0.1, 0.15) is 5.75 Å². The van der Waals surface area contributed by atoms with Crippen molar-refractivity contribution in [2.75, 3.05) is 23.9 Å². The molecule has 1 unspecified atom stereocenters. The Labute approximate surface area is 168 Å². The highest BCUT2D eigenvalue weighted by Crippen LogP contribution is 2.34. The van der Waals surface area contributed by atoms with Crippen molar-refractivity contribution in [1.29, 1.82) is 0 Å². The Morgan fingerprint density at radius 3 is 2.72 bits per heavy atom. The Bertz CT molecular complexity index is 1050. The molecule has 1 aliphatic rings. The number of hydrogen-bond donors (Lipinski definition) is 1. The number of methoxy groups -OCH3 is 1. The summed E-state index contributed by atoms with van der Waals surface area (Å²) in [6.45, 7) is 2.26. The number of nitrogens with zero attached hydrogens (tertiary/aromatic N) is 3. The second-order valence-electron chi connectivity index (χ2n) is 7.05. The zero-order valence-electron chi connectivity index (χ0n) is 16.3. The minimum absolute atomic E-state index is 0.0936. The fourth-order valence-electron chi connectivity index (χ4n) is 3.47. The van der Waals surface area contributed by atoms with E-state index < -0.39 is 5.92 Å². The lowest BCUT2D eigenvalue weighted by atomic mass is 10.1. The average molecular weight is 390 g/mol. The van der Waals surface area contributed by atoms with Crippen LogP contribution in [0.25, 0.3) is 5.69 Å². The minimum atomic E-state index is -0.449. The molecule has 0 saturated carbocycles. The quantitative estimate of drug-likeness (QED) is 0.726. The monoisotopic (exact) mass is 390 g/mol. The number of amides is 2. The van der Waals surface area contributed by atoms with Gasteiger partial charge in [-0.05, 0) is 36.8 Å². The van der Waals surface area contributed by atoms with E-state index in [4.69, 9.17) is 4.74 Å². The topological polar surface area (TPSA) is 76.5 Å². The van der Waals surface area contributed by atoms with E-state index in [1.54, 1.807) is 29.0 Å². The number of ether oxygens (including phenoxy) is 1. The van der Waals surface area contributed by atoms with E-state index in [2.05, 4.69) is 10.4 Å². The number of aryl methyl sites for hydroxylation is 1. The van der Waals surface area contributed by atoms with Gasteiger partial charge >= 0.3 is 0 Å². The second-order valence-corrected chi connectivity index (χ2v) is 7.05. The van der Waals surface area contributed by atoms with Crippen LogP contribution in [0.5, 0.6) is 5.75 Å². The number of aromatic nitrogens is 2. The third-order valence-corrected chi connectivity index (χ3v) is 4.98. The van der Waals surface area contributed by atoms with Crippen molar-refractivity contribution in [2.45, 2.75) is 13.3 Å². The van der Waals surface area contributed by atoms with Gasteiger partial charge in [-0.2, -0.15) is 5.10 Å². The Balaban J connectivity index is 1.46. The molecule has 7 nitrogen and oxygen atoms in total. The van der Waals surface area contributed by atoms with Crippen LogP contribution in [0.15, 0.2) is 60.8 Å². The summed E-state index contributed by atoms with van der Waals surface area (Å²) >= 11 is 0. The third-order valence-electron chi connectivity index (χ3n) is 4.98. The SMILES string of the molecule is COc1ccc(C)cc1N1CC(C(=O)Nc2ccn(-c3ccccc3)n2)CC1=O. The van der Waals surface area contributed by atoms with Crippen molar-refractivity contribution in [2.24, 2.45) is 5.92 Å². The predicted octanol–water partition coefficient (Wildman–Crippen LogP) is 3.18. The van der Waals surface area contributed by atoms with Crippen LogP contribution in [-0.2, 0) is 9.59 Å². The highest BCUT2D eigenvalue weighted by atomic mass is 16.5. The Kier molecular flexibility index (Phi) is 5.03. The molecule has 29 heavy (non-hydrogen) atoms. The van der Waals surface area contributed by atoms with Gasteiger partial charge in [-0.25, -0.2) is 4.68 Å². The molecule has 2 amide bonds. The van der Waals surface area contributed by atoms with Crippen LogP contribution in [0.1, 0.15) is 12.0 Å². The summed E-state index contributed by atoms with van der Waals surface area (Å²) in [4.78, 5) is 26.9. The lowest BCUT2D eigenvalue weighted by molar-refractivity contribution is -0.122. The summed E-state index contributed by atoms with van der Waals surface area (Å²) in [7, 11) is 1.57. The van der Waals surface area contributed by atoms with Crippen LogP contribution in [0.4, 0.5) is 11.5 Å². The number of rotatable bonds is 5. The van der Waals surface area contributed by atoms with Gasteiger partial charge in [-0.1, -0.05) is 24.3 Å². The first-order valence-corrected chi connectivity index (χ1v) is 9.42. The lowest BCUT2D eigenvalue weighted by Gasteiger charge is -2.20. The van der Waals surface area contributed by atoms with Crippen molar-refractivity contribution in [3.05, 3.63) is 66.4 Å². The molecular formula is C22H22N4O3. The van der Waals surface area contributed by atoms with E-state index in [0.717, 1.165) is 11.3 Å². The molecule has 1 saturated heterocycles. The Morgan fingerprint density at radius 1 is 1.17 bits per heavy atom. The average Bonchev–Trinajstić information content (AvgIpc) is 3.35. The standard InChI is InChI=1S/C22H22N4O3/c1-15-8-9-19(29-2)18(12-15)25-14-16(13-21(25)27)22(28)23-20-10-11-26(24-20)17-6-4-3-5-7-17/h3-12,16H,13-14H2,1-2H3,(H,23,24,28). The van der Waals surface area contributed by atoms with Crippen LogP contribution in [0.3, 0.4) is 0 Å². The molecule has 0 aliphatic carbocycles. The summed E-state index contributed by atoms with van der Waals surface area (Å²) in [5, 5.41) is 7.22. The lowest BCUT2D eigenvalue weighted by Crippen LogP contribution is -2.28. The minimum Gasteiger partial charge on any atom is -0.495 e. The molecule has 1 fully saturated rings. The molecule has 0 spiro atoms. The molecule has 2 aromatic carbocycles. The van der Waals surface area contributed by atoms with Gasteiger partial charge in [-0.15, -0.1) is 0 Å². The highest BCUT2D eigenvalue weighted by Gasteiger charge is 2.36. The van der Waals surface area contributed by atoms with E-state index in [9.17, 15) is 9.59 Å². The fraction of sp³-hybridized carbons (Fsp3) is 0.227. The molecule has 1 N–H and O–H groups in total. The largest absolute Gasteiger partial charge is 0.495 e. The maximum atomic E-state index is 12.7. The summed E-state index contributed by atoms with van der Waals surface area (Å²) in [6.07, 6.45) is 1.94. The first kappa shape index (κ1) is 18.7. The van der Waals surface area contributed by atoms with Gasteiger partial charge in [0, 0.05) is 25.2 Å². The van der Waals surface area contributed by atoms with Crippen LogP contribution < -0.4 is 15.0 Å². The molecule has 0 bridgehead atoms. The molecule has 1 aromatic heterocycles. The number of carbonyl (C=O) groups excluding carboxylic acids is 2. The Hall–Kier alpha value is -3.61. The van der Waals surface area contributed by atoms with Crippen molar-refractivity contribution in [3.63, 3.8) is 0 Å². The molecule has 2 heterocycles. The molecule has 3 aromatic rings. The smallest absolute Gasteiger partial charge is 0.231 e. The molecular weight excluding hydrogens is 368 g/mol. The van der Waals surface area contributed by atoms with Gasteiger partial charge in [0.15, 0.2) is 5.82 Å². The van der Waals surface area contributed by atoms with E-state index >= 15 is 0 Å². The predicted molar refractivity (Wildman–Crippen MR) is 110 cm³/mol. The van der Waals surface area contributed by atoms with E-state index in [0.29, 0.717) is 23.8 Å². The van der Waals surface area contributed by atoms with E-state index in [-0.39, 0.29) is 18.2 Å². The molecule has 4 rings (SSSR count). The molecule has 0 radical (unpaired) electrons. The number of benzene rings is 2. The Morgan fingerprint density at radius 2 is 1.97 bits per heavy atom.